The lowest BCUT2D eigenvalue weighted by molar-refractivity contribution is 0.475. The summed E-state index contributed by atoms with van der Waals surface area (Å²) in [5, 5.41) is 31.9. The van der Waals surface area contributed by atoms with Crippen molar-refractivity contribution in [1.82, 2.24) is 0 Å². The molecule has 4 rings (SSSR count). The Balaban J connectivity index is 2.05. The molecule has 0 saturated heterocycles. The van der Waals surface area contributed by atoms with Crippen LogP contribution in [0.25, 0.3) is 21.9 Å². The summed E-state index contributed by atoms with van der Waals surface area (Å²) in [5.74, 6) is 0.192. The van der Waals surface area contributed by atoms with Gasteiger partial charge in [-0.05, 0) is 64.2 Å². The fourth-order valence-corrected chi connectivity index (χ4v) is 3.68. The first-order valence-corrected chi connectivity index (χ1v) is 9.30. The molecule has 1 N–H and O–H groups in total. The van der Waals surface area contributed by atoms with Crippen LogP contribution in [0.4, 0.5) is 0 Å². The van der Waals surface area contributed by atoms with Crippen LogP contribution in [-0.4, -0.2) is 5.11 Å². The third kappa shape index (κ3) is 3.10. The van der Waals surface area contributed by atoms with Crippen LogP contribution < -0.4 is 0 Å². The molecule has 0 unspecified atom stereocenters. The van der Waals surface area contributed by atoms with Gasteiger partial charge in [0.05, 0.1) is 12.1 Å². The minimum atomic E-state index is -1.43. The first-order valence-electron chi connectivity index (χ1n) is 9.30. The highest BCUT2D eigenvalue weighted by Crippen LogP contribution is 2.39. The van der Waals surface area contributed by atoms with Gasteiger partial charge in [-0.1, -0.05) is 66.2 Å². The minimum Gasteiger partial charge on any atom is -0.508 e. The lowest BCUT2D eigenvalue weighted by atomic mass is 9.74. The molecule has 0 aromatic heterocycles. The Morgan fingerprint density at radius 1 is 0.759 bits per heavy atom. The molecular formula is C26H18N2O. The summed E-state index contributed by atoms with van der Waals surface area (Å²) in [7, 11) is 0. The van der Waals surface area contributed by atoms with Crippen molar-refractivity contribution in [2.75, 3.05) is 0 Å². The molecule has 0 aliphatic carbocycles. The van der Waals surface area contributed by atoms with Crippen molar-refractivity contribution in [2.24, 2.45) is 0 Å². The van der Waals surface area contributed by atoms with Crippen LogP contribution in [0.1, 0.15) is 16.7 Å². The zero-order valence-electron chi connectivity index (χ0n) is 15.9. The van der Waals surface area contributed by atoms with Crippen LogP contribution in [0, 0.1) is 29.6 Å². The van der Waals surface area contributed by atoms with Gasteiger partial charge in [-0.2, -0.15) is 10.5 Å². The molecule has 0 aliphatic heterocycles. The molecule has 4 aromatic rings. The molecule has 0 bridgehead atoms. The number of nitrogens with zero attached hydrogens (tertiary/aromatic N) is 2. The summed E-state index contributed by atoms with van der Waals surface area (Å²) < 4.78 is 0. The molecule has 0 fully saturated rings. The Morgan fingerprint density at radius 2 is 1.41 bits per heavy atom. The highest BCUT2D eigenvalue weighted by atomic mass is 16.3. The van der Waals surface area contributed by atoms with Gasteiger partial charge in [0, 0.05) is 0 Å². The normalized spacial score (nSPS) is 11.0. The van der Waals surface area contributed by atoms with Gasteiger partial charge >= 0.3 is 0 Å². The van der Waals surface area contributed by atoms with Crippen molar-refractivity contribution in [3.8, 4) is 29.0 Å². The number of benzene rings is 4. The van der Waals surface area contributed by atoms with E-state index >= 15 is 0 Å². The zero-order valence-corrected chi connectivity index (χ0v) is 15.9. The van der Waals surface area contributed by atoms with Gasteiger partial charge in [-0.3, -0.25) is 0 Å². The third-order valence-electron chi connectivity index (χ3n) is 5.29. The fourth-order valence-electron chi connectivity index (χ4n) is 3.68. The van der Waals surface area contributed by atoms with Gasteiger partial charge < -0.3 is 5.11 Å². The van der Waals surface area contributed by atoms with Gasteiger partial charge in [0.15, 0.2) is 5.41 Å². The van der Waals surface area contributed by atoms with E-state index in [0.717, 1.165) is 27.5 Å². The summed E-state index contributed by atoms with van der Waals surface area (Å²) in [6.45, 7) is 1.98. The molecule has 3 nitrogen and oxygen atoms in total. The minimum absolute atomic E-state index is 0.192. The quantitative estimate of drug-likeness (QED) is 0.489. The molecule has 0 spiro atoms. The Kier molecular flexibility index (Phi) is 4.51. The first-order chi connectivity index (χ1) is 14.1. The number of nitriles is 2. The average molecular weight is 374 g/mol. The second-order valence-corrected chi connectivity index (χ2v) is 7.13. The predicted molar refractivity (Wildman–Crippen MR) is 114 cm³/mol. The largest absolute Gasteiger partial charge is 0.508 e. The van der Waals surface area contributed by atoms with Crippen LogP contribution in [0.15, 0.2) is 84.9 Å². The van der Waals surface area contributed by atoms with Crippen LogP contribution in [0.5, 0.6) is 5.75 Å². The Bertz CT molecular complexity index is 1260. The summed E-state index contributed by atoms with van der Waals surface area (Å²) in [4.78, 5) is 0. The van der Waals surface area contributed by atoms with Gasteiger partial charge in [0.1, 0.15) is 5.75 Å². The van der Waals surface area contributed by atoms with E-state index in [4.69, 9.17) is 0 Å². The lowest BCUT2D eigenvalue weighted by Gasteiger charge is -2.23. The predicted octanol–water partition coefficient (Wildman–Crippen LogP) is 5.85. The molecule has 0 radical (unpaired) electrons. The van der Waals surface area contributed by atoms with E-state index < -0.39 is 5.41 Å². The Morgan fingerprint density at radius 3 is 2.07 bits per heavy atom. The van der Waals surface area contributed by atoms with Crippen LogP contribution in [0.2, 0.25) is 0 Å². The van der Waals surface area contributed by atoms with Crippen molar-refractivity contribution >= 4 is 10.8 Å². The van der Waals surface area contributed by atoms with Gasteiger partial charge in [-0.25, -0.2) is 0 Å². The summed E-state index contributed by atoms with van der Waals surface area (Å²) in [6.07, 6.45) is 0. The number of aromatic hydroxyl groups is 1. The fraction of sp³-hybridized carbons (Fsp3) is 0.0769. The van der Waals surface area contributed by atoms with Crippen LogP contribution in [0.3, 0.4) is 0 Å². The number of aryl methyl sites for hydroxylation is 1. The summed E-state index contributed by atoms with van der Waals surface area (Å²) in [5.41, 5.74) is 2.75. The molecule has 0 atom stereocenters. The van der Waals surface area contributed by atoms with Crippen molar-refractivity contribution < 1.29 is 5.11 Å². The van der Waals surface area contributed by atoms with Gasteiger partial charge in [0.2, 0.25) is 0 Å². The summed E-state index contributed by atoms with van der Waals surface area (Å²) >= 11 is 0. The molecule has 0 amide bonds. The molecule has 4 aromatic carbocycles. The summed E-state index contributed by atoms with van der Waals surface area (Å²) in [6, 6.07) is 30.8. The molecule has 0 heterocycles. The highest BCUT2D eigenvalue weighted by Gasteiger charge is 2.36. The van der Waals surface area contributed by atoms with Crippen LogP contribution >= 0.6 is 0 Å². The van der Waals surface area contributed by atoms with Gasteiger partial charge in [-0.15, -0.1) is 0 Å². The van der Waals surface area contributed by atoms with E-state index in [1.165, 1.54) is 0 Å². The Labute approximate surface area is 169 Å². The maximum Gasteiger partial charge on any atom is 0.194 e. The number of phenols is 1. The van der Waals surface area contributed by atoms with E-state index in [1.54, 1.807) is 12.1 Å². The van der Waals surface area contributed by atoms with Crippen molar-refractivity contribution in [3.05, 3.63) is 102 Å². The van der Waals surface area contributed by atoms with E-state index in [-0.39, 0.29) is 5.75 Å². The number of fused-ring (bicyclic) bond motifs is 1. The molecule has 0 aliphatic rings. The monoisotopic (exact) mass is 374 g/mol. The highest BCUT2D eigenvalue weighted by molar-refractivity contribution is 5.93. The molecule has 0 saturated carbocycles. The van der Waals surface area contributed by atoms with E-state index in [2.05, 4.69) is 12.1 Å². The maximum atomic E-state index is 10.2. The second kappa shape index (κ2) is 7.15. The first kappa shape index (κ1) is 18.3. The molecular weight excluding hydrogens is 356 g/mol. The maximum absolute atomic E-state index is 10.2. The number of phenolic OH excluding ortho intramolecular Hbond substituents is 1. The van der Waals surface area contributed by atoms with E-state index in [0.29, 0.717) is 11.1 Å². The smallest absolute Gasteiger partial charge is 0.194 e. The van der Waals surface area contributed by atoms with Crippen LogP contribution in [-0.2, 0) is 5.41 Å². The standard InChI is InChI=1S/C26H18N2O/c1-18-6-10-22(11-7-18)26(16-27,17-28)25-15-21(19-8-12-23(29)13-9-19)14-20-4-2-3-5-24(20)25/h2-15,29H,1H3. The van der Waals surface area contributed by atoms with Gasteiger partial charge in [0.25, 0.3) is 0 Å². The Hall–Kier alpha value is -4.08. The van der Waals surface area contributed by atoms with Crippen molar-refractivity contribution in [2.45, 2.75) is 12.3 Å². The van der Waals surface area contributed by atoms with E-state index in [9.17, 15) is 15.6 Å². The number of hydrogen-bond donors (Lipinski definition) is 1. The molecule has 138 valence electrons. The van der Waals surface area contributed by atoms with Crippen molar-refractivity contribution in [3.63, 3.8) is 0 Å². The van der Waals surface area contributed by atoms with E-state index in [1.807, 2.05) is 79.7 Å². The molecule has 29 heavy (non-hydrogen) atoms. The zero-order chi connectivity index (χ0) is 20.4. The molecule has 3 heteroatoms. The average Bonchev–Trinajstić information content (AvgIpc) is 2.76. The van der Waals surface area contributed by atoms with Crippen molar-refractivity contribution in [1.29, 1.82) is 10.5 Å². The topological polar surface area (TPSA) is 67.8 Å². The number of rotatable bonds is 3. The lowest BCUT2D eigenvalue weighted by Crippen LogP contribution is -2.24. The third-order valence-corrected chi connectivity index (χ3v) is 5.29. The second-order valence-electron chi connectivity index (χ2n) is 7.13. The number of hydrogen-bond acceptors (Lipinski definition) is 3. The SMILES string of the molecule is Cc1ccc(C(C#N)(C#N)c2cc(-c3ccc(O)cc3)cc3ccccc23)cc1.